The lowest BCUT2D eigenvalue weighted by atomic mass is 10.2. The number of hydrogen-bond donors (Lipinski definition) is 0. The van der Waals surface area contributed by atoms with Gasteiger partial charge in [0.1, 0.15) is 4.90 Å². The molecule has 0 atom stereocenters. The number of carbonyl (C=O) groups excluding carboxylic acids is 1. The molecule has 19 heavy (non-hydrogen) atoms. The SMILES string of the molecule is CCOC(=O)CCCCCn1cc(S(C)(=O)=O)cn1. The summed E-state index contributed by atoms with van der Waals surface area (Å²) in [4.78, 5) is 11.3. The zero-order chi connectivity index (χ0) is 14.3. The normalized spacial score (nSPS) is 11.5. The number of hydrogen-bond acceptors (Lipinski definition) is 5. The fraction of sp³-hybridized carbons (Fsp3) is 0.667. The van der Waals surface area contributed by atoms with Gasteiger partial charge >= 0.3 is 5.97 Å². The van der Waals surface area contributed by atoms with Crippen molar-refractivity contribution in [2.75, 3.05) is 12.9 Å². The lowest BCUT2D eigenvalue weighted by Gasteiger charge is -2.02. The maximum Gasteiger partial charge on any atom is 0.305 e. The van der Waals surface area contributed by atoms with E-state index in [0.29, 0.717) is 19.6 Å². The van der Waals surface area contributed by atoms with Gasteiger partial charge in [0.05, 0.1) is 12.8 Å². The van der Waals surface area contributed by atoms with Gasteiger partial charge in [0.15, 0.2) is 9.84 Å². The number of aromatic nitrogens is 2. The number of carbonyl (C=O) groups is 1. The summed E-state index contributed by atoms with van der Waals surface area (Å²) in [6.07, 6.45) is 6.99. The highest BCUT2D eigenvalue weighted by molar-refractivity contribution is 7.90. The fourth-order valence-corrected chi connectivity index (χ4v) is 2.16. The smallest absolute Gasteiger partial charge is 0.305 e. The van der Waals surface area contributed by atoms with Crippen LogP contribution in [0.4, 0.5) is 0 Å². The van der Waals surface area contributed by atoms with Gasteiger partial charge < -0.3 is 4.74 Å². The first kappa shape index (κ1) is 15.7. The first-order chi connectivity index (χ1) is 8.93. The average molecular weight is 288 g/mol. The van der Waals surface area contributed by atoms with Crippen molar-refractivity contribution < 1.29 is 17.9 Å². The van der Waals surface area contributed by atoms with Crippen molar-refractivity contribution in [1.82, 2.24) is 9.78 Å². The van der Waals surface area contributed by atoms with Crippen LogP contribution >= 0.6 is 0 Å². The molecule has 0 fully saturated rings. The van der Waals surface area contributed by atoms with Crippen LogP contribution in [0.15, 0.2) is 17.3 Å². The van der Waals surface area contributed by atoms with Gasteiger partial charge in [-0.25, -0.2) is 8.42 Å². The first-order valence-corrected chi connectivity index (χ1v) is 8.20. The van der Waals surface area contributed by atoms with Gasteiger partial charge in [0.25, 0.3) is 0 Å². The highest BCUT2D eigenvalue weighted by Gasteiger charge is 2.09. The predicted octanol–water partition coefficient (Wildman–Crippen LogP) is 1.41. The Hall–Kier alpha value is -1.37. The third-order valence-corrected chi connectivity index (χ3v) is 3.68. The molecule has 108 valence electrons. The quantitative estimate of drug-likeness (QED) is 0.534. The molecule has 7 heteroatoms. The van der Waals surface area contributed by atoms with Crippen LogP contribution in [0.2, 0.25) is 0 Å². The maximum absolute atomic E-state index is 11.3. The molecule has 0 radical (unpaired) electrons. The molecule has 0 aliphatic rings. The largest absolute Gasteiger partial charge is 0.466 e. The highest BCUT2D eigenvalue weighted by Crippen LogP contribution is 2.08. The van der Waals surface area contributed by atoms with E-state index in [-0.39, 0.29) is 10.9 Å². The molecule has 0 spiro atoms. The summed E-state index contributed by atoms with van der Waals surface area (Å²) >= 11 is 0. The van der Waals surface area contributed by atoms with Gasteiger partial charge in [-0.15, -0.1) is 0 Å². The third kappa shape index (κ3) is 5.87. The van der Waals surface area contributed by atoms with E-state index >= 15 is 0 Å². The van der Waals surface area contributed by atoms with Crippen LogP contribution in [0, 0.1) is 0 Å². The van der Waals surface area contributed by atoms with Crippen LogP contribution in [-0.4, -0.2) is 37.0 Å². The van der Waals surface area contributed by atoms with E-state index in [4.69, 9.17) is 4.74 Å². The van der Waals surface area contributed by atoms with E-state index < -0.39 is 9.84 Å². The molecule has 1 heterocycles. The number of unbranched alkanes of at least 4 members (excludes halogenated alkanes) is 2. The van der Waals surface area contributed by atoms with Gasteiger partial charge in [-0.05, 0) is 19.8 Å². The molecule has 0 unspecified atom stereocenters. The van der Waals surface area contributed by atoms with Crippen molar-refractivity contribution in [1.29, 1.82) is 0 Å². The van der Waals surface area contributed by atoms with E-state index in [1.807, 2.05) is 0 Å². The van der Waals surface area contributed by atoms with Crippen molar-refractivity contribution >= 4 is 15.8 Å². The molecule has 1 aromatic heterocycles. The minimum atomic E-state index is -3.18. The fourth-order valence-electron chi connectivity index (χ4n) is 1.61. The molecule has 0 aromatic carbocycles. The van der Waals surface area contributed by atoms with Crippen molar-refractivity contribution in [2.24, 2.45) is 0 Å². The minimum Gasteiger partial charge on any atom is -0.466 e. The molecule has 0 N–H and O–H groups in total. The zero-order valence-electron chi connectivity index (χ0n) is 11.3. The van der Waals surface area contributed by atoms with Gasteiger partial charge in [0, 0.05) is 25.4 Å². The Morgan fingerprint density at radius 2 is 2.11 bits per heavy atom. The summed E-state index contributed by atoms with van der Waals surface area (Å²) < 4.78 is 28.9. The monoisotopic (exact) mass is 288 g/mol. The Bertz CT molecular complexity index is 508. The molecule has 6 nitrogen and oxygen atoms in total. The Labute approximate surface area is 113 Å². The number of rotatable bonds is 8. The molecule has 0 saturated carbocycles. The number of ether oxygens (including phenoxy) is 1. The van der Waals surface area contributed by atoms with Gasteiger partial charge in [-0.2, -0.15) is 5.10 Å². The van der Waals surface area contributed by atoms with Crippen molar-refractivity contribution in [3.8, 4) is 0 Å². The van der Waals surface area contributed by atoms with E-state index in [2.05, 4.69) is 5.10 Å². The molecule has 1 rings (SSSR count). The number of sulfone groups is 1. The molecule has 0 saturated heterocycles. The van der Waals surface area contributed by atoms with E-state index in [1.54, 1.807) is 11.6 Å². The van der Waals surface area contributed by atoms with Crippen molar-refractivity contribution in [2.45, 2.75) is 44.0 Å². The summed E-state index contributed by atoms with van der Waals surface area (Å²) in [7, 11) is -3.18. The summed E-state index contributed by atoms with van der Waals surface area (Å²) in [6.45, 7) is 2.85. The number of nitrogens with zero attached hydrogens (tertiary/aromatic N) is 2. The standard InChI is InChI=1S/C12H20N2O4S/c1-3-18-12(15)7-5-4-6-8-14-10-11(9-13-14)19(2,16)17/h9-10H,3-8H2,1-2H3. The molecular formula is C12H20N2O4S. The van der Waals surface area contributed by atoms with Gasteiger partial charge in [-0.3, -0.25) is 9.48 Å². The second kappa shape index (κ2) is 7.28. The second-order valence-electron chi connectivity index (χ2n) is 4.33. The lowest BCUT2D eigenvalue weighted by Crippen LogP contribution is -2.04. The molecule has 0 bridgehead atoms. The molecule has 0 aliphatic heterocycles. The highest BCUT2D eigenvalue weighted by atomic mass is 32.2. The van der Waals surface area contributed by atoms with E-state index in [0.717, 1.165) is 25.5 Å². The third-order valence-electron chi connectivity index (χ3n) is 2.61. The Kier molecular flexibility index (Phi) is 6.01. The van der Waals surface area contributed by atoms with Crippen molar-refractivity contribution in [3.63, 3.8) is 0 Å². The molecule has 0 amide bonds. The average Bonchev–Trinajstić information content (AvgIpc) is 2.77. The van der Waals surface area contributed by atoms with Crippen LogP contribution in [-0.2, 0) is 25.9 Å². The Morgan fingerprint density at radius 1 is 1.37 bits per heavy atom. The number of esters is 1. The summed E-state index contributed by atoms with van der Waals surface area (Å²) in [5.74, 6) is -0.166. The Morgan fingerprint density at radius 3 is 2.68 bits per heavy atom. The number of aryl methyl sites for hydroxylation is 1. The molecule has 0 aliphatic carbocycles. The summed E-state index contributed by atoms with van der Waals surface area (Å²) in [5, 5.41) is 3.99. The second-order valence-corrected chi connectivity index (χ2v) is 6.34. The van der Waals surface area contributed by atoms with Gasteiger partial charge in [0.2, 0.25) is 0 Å². The zero-order valence-corrected chi connectivity index (χ0v) is 12.1. The topological polar surface area (TPSA) is 78.3 Å². The van der Waals surface area contributed by atoms with Crippen LogP contribution in [0.25, 0.3) is 0 Å². The van der Waals surface area contributed by atoms with E-state index in [1.165, 1.54) is 12.4 Å². The van der Waals surface area contributed by atoms with Crippen LogP contribution in [0.3, 0.4) is 0 Å². The van der Waals surface area contributed by atoms with E-state index in [9.17, 15) is 13.2 Å². The lowest BCUT2D eigenvalue weighted by molar-refractivity contribution is -0.143. The summed E-state index contributed by atoms with van der Waals surface area (Å²) in [5.41, 5.74) is 0. The van der Waals surface area contributed by atoms with Gasteiger partial charge in [-0.1, -0.05) is 6.42 Å². The Balaban J connectivity index is 2.23. The molecular weight excluding hydrogens is 268 g/mol. The minimum absolute atomic E-state index is 0.166. The first-order valence-electron chi connectivity index (χ1n) is 6.31. The summed E-state index contributed by atoms with van der Waals surface area (Å²) in [6, 6.07) is 0. The van der Waals surface area contributed by atoms with Crippen LogP contribution < -0.4 is 0 Å². The predicted molar refractivity (Wildman–Crippen MR) is 70.4 cm³/mol. The maximum atomic E-state index is 11.3. The van der Waals surface area contributed by atoms with Crippen LogP contribution in [0.5, 0.6) is 0 Å². The van der Waals surface area contributed by atoms with Crippen molar-refractivity contribution in [3.05, 3.63) is 12.4 Å². The molecule has 1 aromatic rings. The van der Waals surface area contributed by atoms with Crippen LogP contribution in [0.1, 0.15) is 32.6 Å².